The molecule has 0 radical (unpaired) electrons. The number of hydrogen-bond acceptors (Lipinski definition) is 5. The number of aryl methyl sites for hydroxylation is 1. The van der Waals surface area contributed by atoms with Gasteiger partial charge in [0.2, 0.25) is 10.0 Å². The van der Waals surface area contributed by atoms with E-state index in [4.69, 9.17) is 0 Å². The minimum absolute atomic E-state index is 0.162. The van der Waals surface area contributed by atoms with Crippen molar-refractivity contribution in [3.8, 4) is 0 Å². The van der Waals surface area contributed by atoms with Gasteiger partial charge in [0, 0.05) is 31.8 Å². The lowest BCUT2D eigenvalue weighted by Crippen LogP contribution is -2.38. The molecule has 0 N–H and O–H groups in total. The Kier molecular flexibility index (Phi) is 6.50. The Labute approximate surface area is 174 Å². The standard InChI is InChI=1S/C20H29N3O4S2/c1-4-5-15-28(24,25)23-12-6-11-22(13-14-23)20-17(3)19(29(26,27)21-20)18-9-7-16(2)8-10-18/h7-10H,4-6,11-15H2,1-3H3. The molecule has 0 spiro atoms. The molecule has 0 bridgehead atoms. The van der Waals surface area contributed by atoms with Crippen LogP contribution in [0.15, 0.2) is 34.2 Å². The third kappa shape index (κ3) is 4.73. The van der Waals surface area contributed by atoms with Gasteiger partial charge in [0.15, 0.2) is 0 Å². The van der Waals surface area contributed by atoms with Crippen molar-refractivity contribution in [3.63, 3.8) is 0 Å². The van der Waals surface area contributed by atoms with E-state index in [1.165, 1.54) is 4.31 Å². The van der Waals surface area contributed by atoms with Gasteiger partial charge in [0.05, 0.1) is 5.75 Å². The summed E-state index contributed by atoms with van der Waals surface area (Å²) < 4.78 is 56.2. The molecule has 2 heterocycles. The zero-order chi connectivity index (χ0) is 21.2. The molecular weight excluding hydrogens is 410 g/mol. The summed E-state index contributed by atoms with van der Waals surface area (Å²) in [5.74, 6) is 0.600. The smallest absolute Gasteiger partial charge is 0.285 e. The summed E-state index contributed by atoms with van der Waals surface area (Å²) in [6.07, 6.45) is 2.12. The maximum Gasteiger partial charge on any atom is 0.285 e. The number of hydrogen-bond donors (Lipinski definition) is 0. The predicted octanol–water partition coefficient (Wildman–Crippen LogP) is 2.61. The zero-order valence-corrected chi connectivity index (χ0v) is 18.9. The Morgan fingerprint density at radius 2 is 1.72 bits per heavy atom. The Balaban J connectivity index is 1.83. The van der Waals surface area contributed by atoms with Crippen molar-refractivity contribution in [2.45, 2.75) is 40.0 Å². The fourth-order valence-corrected chi connectivity index (χ4v) is 6.89. The molecule has 1 aromatic carbocycles. The van der Waals surface area contributed by atoms with Crippen LogP contribution in [0.2, 0.25) is 0 Å². The van der Waals surface area contributed by atoms with Crippen LogP contribution >= 0.6 is 0 Å². The van der Waals surface area contributed by atoms with Crippen LogP contribution in [-0.2, 0) is 20.0 Å². The van der Waals surface area contributed by atoms with Crippen molar-refractivity contribution in [2.24, 2.45) is 4.40 Å². The largest absolute Gasteiger partial charge is 0.354 e. The van der Waals surface area contributed by atoms with Crippen LogP contribution in [0.4, 0.5) is 0 Å². The monoisotopic (exact) mass is 439 g/mol. The van der Waals surface area contributed by atoms with Gasteiger partial charge >= 0.3 is 0 Å². The quantitative estimate of drug-likeness (QED) is 0.704. The molecule has 0 saturated carbocycles. The molecular formula is C20H29N3O4S2. The van der Waals surface area contributed by atoms with Crippen molar-refractivity contribution in [1.82, 2.24) is 9.21 Å². The number of nitrogens with zero attached hydrogens (tertiary/aromatic N) is 3. The molecule has 1 saturated heterocycles. The Hall–Kier alpha value is -1.71. The van der Waals surface area contributed by atoms with Crippen molar-refractivity contribution in [2.75, 3.05) is 31.9 Å². The van der Waals surface area contributed by atoms with Gasteiger partial charge in [-0.2, -0.15) is 8.42 Å². The SMILES string of the molecule is CCCCS(=O)(=O)N1CCCN(C2=NS(=O)(=O)C(c3ccc(C)cc3)=C2C)CC1. The average Bonchev–Trinajstić information content (AvgIpc) is 2.83. The van der Waals surface area contributed by atoms with Crippen LogP contribution in [-0.4, -0.2) is 63.8 Å². The molecule has 160 valence electrons. The molecule has 7 nitrogen and oxygen atoms in total. The first kappa shape index (κ1) is 22.0. The van der Waals surface area contributed by atoms with Crippen molar-refractivity contribution in [3.05, 3.63) is 41.0 Å². The molecule has 1 aromatic rings. The van der Waals surface area contributed by atoms with Crippen LogP contribution in [0, 0.1) is 6.92 Å². The summed E-state index contributed by atoms with van der Waals surface area (Å²) in [6.45, 7) is 7.51. The molecule has 0 atom stereocenters. The summed E-state index contributed by atoms with van der Waals surface area (Å²) in [5, 5.41) is 0. The van der Waals surface area contributed by atoms with Gasteiger partial charge in [-0.25, -0.2) is 12.7 Å². The topological polar surface area (TPSA) is 87.1 Å². The molecule has 1 fully saturated rings. The lowest BCUT2D eigenvalue weighted by Gasteiger charge is -2.23. The predicted molar refractivity (Wildman–Crippen MR) is 117 cm³/mol. The summed E-state index contributed by atoms with van der Waals surface area (Å²) in [5.41, 5.74) is 2.31. The third-order valence-electron chi connectivity index (χ3n) is 5.36. The highest BCUT2D eigenvalue weighted by molar-refractivity contribution is 8.00. The molecule has 29 heavy (non-hydrogen) atoms. The lowest BCUT2D eigenvalue weighted by atomic mass is 10.1. The number of rotatable bonds is 5. The van der Waals surface area contributed by atoms with Gasteiger partial charge in [-0.1, -0.05) is 43.2 Å². The highest BCUT2D eigenvalue weighted by Gasteiger charge is 2.35. The van der Waals surface area contributed by atoms with E-state index < -0.39 is 20.0 Å². The molecule has 3 rings (SSSR count). The first-order valence-electron chi connectivity index (χ1n) is 10.0. The van der Waals surface area contributed by atoms with Gasteiger partial charge < -0.3 is 4.90 Å². The van der Waals surface area contributed by atoms with Crippen molar-refractivity contribution >= 4 is 30.8 Å². The molecule has 2 aliphatic rings. The Bertz CT molecular complexity index is 1030. The second-order valence-electron chi connectivity index (χ2n) is 7.62. The van der Waals surface area contributed by atoms with E-state index >= 15 is 0 Å². The fourth-order valence-electron chi connectivity index (χ4n) is 3.73. The van der Waals surface area contributed by atoms with E-state index in [1.54, 1.807) is 19.1 Å². The molecule has 0 unspecified atom stereocenters. The van der Waals surface area contributed by atoms with Crippen LogP contribution in [0.1, 0.15) is 44.2 Å². The average molecular weight is 440 g/mol. The third-order valence-corrected chi connectivity index (χ3v) is 8.79. The normalized spacial score (nSPS) is 20.7. The Morgan fingerprint density at radius 1 is 1.03 bits per heavy atom. The van der Waals surface area contributed by atoms with E-state index in [0.717, 1.165) is 12.0 Å². The molecule has 0 amide bonds. The minimum atomic E-state index is -3.77. The second kappa shape index (κ2) is 8.57. The molecule has 0 aliphatic carbocycles. The summed E-state index contributed by atoms with van der Waals surface area (Å²) >= 11 is 0. The first-order valence-corrected chi connectivity index (χ1v) is 13.1. The number of sulfonamides is 2. The van der Waals surface area contributed by atoms with Crippen molar-refractivity contribution in [1.29, 1.82) is 0 Å². The van der Waals surface area contributed by atoms with Gasteiger partial charge in [0.1, 0.15) is 10.7 Å². The van der Waals surface area contributed by atoms with Crippen LogP contribution in [0.3, 0.4) is 0 Å². The van der Waals surface area contributed by atoms with Gasteiger partial charge in [-0.3, -0.25) is 0 Å². The lowest BCUT2D eigenvalue weighted by molar-refractivity contribution is 0.407. The zero-order valence-electron chi connectivity index (χ0n) is 17.3. The number of benzene rings is 1. The van der Waals surface area contributed by atoms with E-state index in [-0.39, 0.29) is 10.7 Å². The van der Waals surface area contributed by atoms with Gasteiger partial charge in [-0.05, 0) is 32.3 Å². The van der Waals surface area contributed by atoms with Crippen LogP contribution in [0.5, 0.6) is 0 Å². The number of unbranched alkanes of at least 4 members (excludes halogenated alkanes) is 1. The van der Waals surface area contributed by atoms with Crippen LogP contribution < -0.4 is 0 Å². The highest BCUT2D eigenvalue weighted by atomic mass is 32.2. The van der Waals surface area contributed by atoms with Crippen molar-refractivity contribution < 1.29 is 16.8 Å². The maximum absolute atomic E-state index is 12.8. The molecule has 9 heteroatoms. The summed E-state index contributed by atoms with van der Waals surface area (Å²) in [7, 11) is -7.05. The van der Waals surface area contributed by atoms with Crippen LogP contribution in [0.25, 0.3) is 4.91 Å². The summed E-state index contributed by atoms with van der Waals surface area (Å²) in [6, 6.07) is 7.37. The fraction of sp³-hybridized carbons (Fsp3) is 0.550. The Morgan fingerprint density at radius 3 is 2.38 bits per heavy atom. The van der Waals surface area contributed by atoms with Gasteiger partial charge in [0.25, 0.3) is 10.0 Å². The van der Waals surface area contributed by atoms with Gasteiger partial charge in [-0.15, -0.1) is 4.40 Å². The first-order chi connectivity index (χ1) is 13.7. The van der Waals surface area contributed by atoms with E-state index in [0.29, 0.717) is 56.0 Å². The highest BCUT2D eigenvalue weighted by Crippen LogP contribution is 2.34. The molecule has 2 aliphatic heterocycles. The number of amidine groups is 1. The molecule has 0 aromatic heterocycles. The second-order valence-corrected chi connectivity index (χ2v) is 11.2. The van der Waals surface area contributed by atoms with E-state index in [9.17, 15) is 16.8 Å². The maximum atomic E-state index is 12.8. The minimum Gasteiger partial charge on any atom is -0.354 e. The van der Waals surface area contributed by atoms with E-state index in [1.807, 2.05) is 30.9 Å². The summed E-state index contributed by atoms with van der Waals surface area (Å²) in [4.78, 5) is 2.15. The van der Waals surface area contributed by atoms with E-state index in [2.05, 4.69) is 4.40 Å².